The third kappa shape index (κ3) is 2.97. The molecule has 0 radical (unpaired) electrons. The average molecular weight is 297 g/mol. The number of rotatable bonds is 1. The van der Waals surface area contributed by atoms with Gasteiger partial charge in [0.15, 0.2) is 0 Å². The van der Waals surface area contributed by atoms with Gasteiger partial charge in [-0.05, 0) is 41.4 Å². The van der Waals surface area contributed by atoms with E-state index in [0.717, 1.165) is 12.0 Å². The van der Waals surface area contributed by atoms with Crippen molar-refractivity contribution in [3.05, 3.63) is 41.0 Å². The van der Waals surface area contributed by atoms with Crippen molar-refractivity contribution in [2.45, 2.75) is 58.9 Å². The van der Waals surface area contributed by atoms with E-state index in [1.54, 1.807) is 0 Å². The van der Waals surface area contributed by atoms with E-state index in [2.05, 4.69) is 57.3 Å². The van der Waals surface area contributed by atoms with Gasteiger partial charge in [-0.3, -0.25) is 4.79 Å². The minimum atomic E-state index is 0.108. The van der Waals surface area contributed by atoms with E-state index in [4.69, 9.17) is 0 Å². The Morgan fingerprint density at radius 1 is 1.23 bits per heavy atom. The maximum absolute atomic E-state index is 12.3. The molecule has 3 unspecified atom stereocenters. The van der Waals surface area contributed by atoms with E-state index in [1.165, 1.54) is 24.0 Å². The van der Waals surface area contributed by atoms with Gasteiger partial charge in [0.2, 0.25) is 0 Å². The van der Waals surface area contributed by atoms with E-state index < -0.39 is 0 Å². The molecule has 0 aromatic heterocycles. The SMILES string of the molecule is CC1CCCC2NC(=O)c3ccc(/C=C/C(C)(C)C)cc3C12. The lowest BCUT2D eigenvalue weighted by Crippen LogP contribution is -2.48. The number of allylic oxidation sites excluding steroid dienone is 1. The van der Waals surface area contributed by atoms with Crippen molar-refractivity contribution in [2.24, 2.45) is 11.3 Å². The van der Waals surface area contributed by atoms with Gasteiger partial charge < -0.3 is 5.32 Å². The van der Waals surface area contributed by atoms with Gasteiger partial charge in [-0.15, -0.1) is 0 Å². The Labute approximate surface area is 134 Å². The van der Waals surface area contributed by atoms with Gasteiger partial charge in [-0.1, -0.05) is 58.4 Å². The Morgan fingerprint density at radius 2 is 2.00 bits per heavy atom. The van der Waals surface area contributed by atoms with Crippen LogP contribution in [0.4, 0.5) is 0 Å². The minimum absolute atomic E-state index is 0.108. The van der Waals surface area contributed by atoms with Gasteiger partial charge in [0.05, 0.1) is 0 Å². The van der Waals surface area contributed by atoms with Crippen LogP contribution in [0.3, 0.4) is 0 Å². The highest BCUT2D eigenvalue weighted by molar-refractivity contribution is 5.97. The summed E-state index contributed by atoms with van der Waals surface area (Å²) in [5.41, 5.74) is 3.52. The summed E-state index contributed by atoms with van der Waals surface area (Å²) < 4.78 is 0. The Bertz CT molecular complexity index is 609. The van der Waals surface area contributed by atoms with Crippen LogP contribution in [0, 0.1) is 11.3 Å². The van der Waals surface area contributed by atoms with Crippen LogP contribution >= 0.6 is 0 Å². The van der Waals surface area contributed by atoms with Crippen molar-refractivity contribution in [2.75, 3.05) is 0 Å². The number of carbonyl (C=O) groups excluding carboxylic acids is 1. The molecule has 3 rings (SSSR count). The summed E-state index contributed by atoms with van der Waals surface area (Å²) in [4.78, 5) is 12.3. The van der Waals surface area contributed by atoms with E-state index in [9.17, 15) is 4.79 Å². The number of hydrogen-bond acceptors (Lipinski definition) is 1. The fourth-order valence-electron chi connectivity index (χ4n) is 3.86. The first kappa shape index (κ1) is 15.3. The quantitative estimate of drug-likeness (QED) is 0.795. The zero-order valence-electron chi connectivity index (χ0n) is 14.1. The fourth-order valence-corrected chi connectivity index (χ4v) is 3.86. The van der Waals surface area contributed by atoms with Crippen molar-refractivity contribution >= 4 is 12.0 Å². The van der Waals surface area contributed by atoms with Crippen LogP contribution < -0.4 is 5.32 Å². The maximum atomic E-state index is 12.3. The summed E-state index contributed by atoms with van der Waals surface area (Å²) in [7, 11) is 0. The van der Waals surface area contributed by atoms with Crippen molar-refractivity contribution in [1.29, 1.82) is 0 Å². The zero-order valence-corrected chi connectivity index (χ0v) is 14.1. The zero-order chi connectivity index (χ0) is 15.9. The van der Waals surface area contributed by atoms with Gasteiger partial charge in [-0.2, -0.15) is 0 Å². The monoisotopic (exact) mass is 297 g/mol. The second-order valence-electron chi connectivity index (χ2n) is 8.06. The lowest BCUT2D eigenvalue weighted by atomic mass is 9.70. The molecule has 1 aromatic rings. The first-order valence-electron chi connectivity index (χ1n) is 8.49. The fraction of sp³-hybridized carbons (Fsp3) is 0.550. The smallest absolute Gasteiger partial charge is 0.251 e. The molecule has 1 N–H and O–H groups in total. The molecule has 0 spiro atoms. The van der Waals surface area contributed by atoms with Crippen LogP contribution in [0.1, 0.15) is 74.4 Å². The van der Waals surface area contributed by atoms with E-state index in [1.807, 2.05) is 6.07 Å². The highest BCUT2D eigenvalue weighted by Gasteiger charge is 2.38. The van der Waals surface area contributed by atoms with E-state index in [0.29, 0.717) is 17.9 Å². The van der Waals surface area contributed by atoms with Gasteiger partial charge in [0.25, 0.3) is 5.91 Å². The van der Waals surface area contributed by atoms with E-state index >= 15 is 0 Å². The third-order valence-corrected chi connectivity index (χ3v) is 4.99. The summed E-state index contributed by atoms with van der Waals surface area (Å²) in [6.45, 7) is 8.94. The van der Waals surface area contributed by atoms with Crippen molar-refractivity contribution in [3.8, 4) is 0 Å². The van der Waals surface area contributed by atoms with Crippen LogP contribution in [0.15, 0.2) is 24.3 Å². The number of carbonyl (C=O) groups is 1. The molecular formula is C20H27NO. The number of hydrogen-bond donors (Lipinski definition) is 1. The summed E-state index contributed by atoms with van der Waals surface area (Å²) in [6, 6.07) is 6.64. The number of nitrogens with one attached hydrogen (secondary N) is 1. The molecule has 2 heteroatoms. The van der Waals surface area contributed by atoms with Crippen molar-refractivity contribution in [3.63, 3.8) is 0 Å². The predicted octanol–water partition coefficient (Wildman–Crippen LogP) is 4.76. The topological polar surface area (TPSA) is 29.1 Å². The normalized spacial score (nSPS) is 28.2. The van der Waals surface area contributed by atoms with Gasteiger partial charge >= 0.3 is 0 Å². The molecule has 2 aliphatic rings. The van der Waals surface area contributed by atoms with Crippen molar-refractivity contribution < 1.29 is 4.79 Å². The molecule has 1 heterocycles. The average Bonchev–Trinajstić information content (AvgIpc) is 2.44. The Hall–Kier alpha value is -1.57. The standard InChI is InChI=1S/C20H27NO/c1-13-6-5-7-17-18(13)16-12-14(10-11-20(2,3)4)8-9-15(16)19(22)21-17/h8-13,17-18H,5-7H2,1-4H3,(H,21,22)/b11-10+. The van der Waals surface area contributed by atoms with Crippen LogP contribution in [0.25, 0.3) is 6.08 Å². The summed E-state index contributed by atoms with van der Waals surface area (Å²) in [5, 5.41) is 3.22. The number of fused-ring (bicyclic) bond motifs is 3. The molecule has 1 amide bonds. The molecule has 2 nitrogen and oxygen atoms in total. The highest BCUT2D eigenvalue weighted by Crippen LogP contribution is 2.42. The van der Waals surface area contributed by atoms with E-state index in [-0.39, 0.29) is 11.3 Å². The van der Waals surface area contributed by atoms with Crippen LogP contribution in [-0.2, 0) is 0 Å². The van der Waals surface area contributed by atoms with Crippen LogP contribution in [0.2, 0.25) is 0 Å². The largest absolute Gasteiger partial charge is 0.349 e. The summed E-state index contributed by atoms with van der Waals surface area (Å²) >= 11 is 0. The van der Waals surface area contributed by atoms with Crippen molar-refractivity contribution in [1.82, 2.24) is 5.32 Å². The first-order chi connectivity index (χ1) is 10.3. The second kappa shape index (κ2) is 5.57. The first-order valence-corrected chi connectivity index (χ1v) is 8.49. The molecule has 118 valence electrons. The third-order valence-electron chi connectivity index (χ3n) is 4.99. The molecule has 22 heavy (non-hydrogen) atoms. The van der Waals surface area contributed by atoms with Gasteiger partial charge in [-0.25, -0.2) is 0 Å². The molecule has 1 aliphatic carbocycles. The van der Waals surface area contributed by atoms with Crippen LogP contribution in [0.5, 0.6) is 0 Å². The number of benzene rings is 1. The summed E-state index contributed by atoms with van der Waals surface area (Å²) in [5.74, 6) is 1.22. The molecule has 1 aliphatic heterocycles. The summed E-state index contributed by atoms with van der Waals surface area (Å²) in [6.07, 6.45) is 8.02. The molecule has 1 saturated carbocycles. The Balaban J connectivity index is 2.00. The van der Waals surface area contributed by atoms with Gasteiger partial charge in [0, 0.05) is 17.5 Å². The number of amides is 1. The Kier molecular flexibility index (Phi) is 3.88. The van der Waals surface area contributed by atoms with Crippen LogP contribution in [-0.4, -0.2) is 11.9 Å². The maximum Gasteiger partial charge on any atom is 0.251 e. The lowest BCUT2D eigenvalue weighted by molar-refractivity contribution is 0.0884. The highest BCUT2D eigenvalue weighted by atomic mass is 16.1. The Morgan fingerprint density at radius 3 is 2.73 bits per heavy atom. The minimum Gasteiger partial charge on any atom is -0.349 e. The van der Waals surface area contributed by atoms with Gasteiger partial charge in [0.1, 0.15) is 0 Å². The molecule has 1 fully saturated rings. The molecular weight excluding hydrogens is 270 g/mol. The predicted molar refractivity (Wildman–Crippen MR) is 91.9 cm³/mol. The lowest BCUT2D eigenvalue weighted by Gasteiger charge is -2.41. The second-order valence-corrected chi connectivity index (χ2v) is 8.06. The molecule has 1 aromatic carbocycles. The molecule has 0 saturated heterocycles. The molecule has 0 bridgehead atoms. The molecule has 3 atom stereocenters.